The third-order valence-corrected chi connectivity index (χ3v) is 3.19. The molecule has 2 nitrogen and oxygen atoms in total. The number of aromatic hydroxyl groups is 1. The Morgan fingerprint density at radius 2 is 2.20 bits per heavy atom. The van der Waals surface area contributed by atoms with E-state index in [2.05, 4.69) is 15.9 Å². The van der Waals surface area contributed by atoms with E-state index in [1.54, 1.807) is 6.92 Å². The van der Waals surface area contributed by atoms with Crippen LogP contribution in [0.1, 0.15) is 30.4 Å². The van der Waals surface area contributed by atoms with Crippen LogP contribution in [0.2, 0.25) is 0 Å². The Kier molecular flexibility index (Phi) is 4.11. The van der Waals surface area contributed by atoms with Gasteiger partial charge in [-0.3, -0.25) is 0 Å². The molecule has 0 aliphatic rings. The van der Waals surface area contributed by atoms with Gasteiger partial charge < -0.3 is 10.8 Å². The lowest BCUT2D eigenvalue weighted by Gasteiger charge is -2.17. The lowest BCUT2D eigenvalue weighted by atomic mass is 9.92. The average molecular weight is 276 g/mol. The van der Waals surface area contributed by atoms with Gasteiger partial charge in [-0.05, 0) is 53.4 Å². The minimum atomic E-state index is -0.307. The highest BCUT2D eigenvalue weighted by Gasteiger charge is 2.18. The Morgan fingerprint density at radius 3 is 2.73 bits per heavy atom. The molecule has 0 heterocycles. The molecule has 0 saturated carbocycles. The predicted octanol–water partition coefficient (Wildman–Crippen LogP) is 3.05. The summed E-state index contributed by atoms with van der Waals surface area (Å²) < 4.78 is 13.8. The molecule has 1 atom stereocenters. The lowest BCUT2D eigenvalue weighted by Crippen LogP contribution is -2.07. The molecule has 84 valence electrons. The molecular formula is C11H15BrFNO. The zero-order valence-corrected chi connectivity index (χ0v) is 10.4. The highest BCUT2D eigenvalue weighted by Crippen LogP contribution is 2.37. The Morgan fingerprint density at radius 1 is 1.60 bits per heavy atom. The summed E-state index contributed by atoms with van der Waals surface area (Å²) >= 11 is 3.13. The summed E-state index contributed by atoms with van der Waals surface area (Å²) in [5, 5.41) is 9.85. The summed E-state index contributed by atoms with van der Waals surface area (Å²) in [6, 6.07) is 1.28. The number of phenols is 1. The van der Waals surface area contributed by atoms with Gasteiger partial charge in [0.2, 0.25) is 0 Å². The first kappa shape index (κ1) is 12.5. The molecule has 4 heteroatoms. The van der Waals surface area contributed by atoms with Crippen molar-refractivity contribution in [3.63, 3.8) is 0 Å². The molecule has 0 amide bonds. The molecule has 0 saturated heterocycles. The van der Waals surface area contributed by atoms with Crippen molar-refractivity contribution in [2.24, 2.45) is 5.73 Å². The second-order valence-electron chi connectivity index (χ2n) is 3.71. The minimum Gasteiger partial charge on any atom is -0.506 e. The van der Waals surface area contributed by atoms with Gasteiger partial charge in [0, 0.05) is 5.56 Å². The number of rotatable bonds is 3. The zero-order valence-electron chi connectivity index (χ0n) is 8.85. The van der Waals surface area contributed by atoms with Crippen LogP contribution < -0.4 is 5.73 Å². The number of benzene rings is 1. The second kappa shape index (κ2) is 4.94. The normalized spacial score (nSPS) is 12.9. The van der Waals surface area contributed by atoms with Crippen LogP contribution in [0, 0.1) is 12.7 Å². The van der Waals surface area contributed by atoms with E-state index < -0.39 is 0 Å². The van der Waals surface area contributed by atoms with Crippen molar-refractivity contribution in [1.82, 2.24) is 0 Å². The molecule has 0 aliphatic carbocycles. The molecule has 0 aromatic heterocycles. The molecule has 0 aliphatic heterocycles. The fourth-order valence-corrected chi connectivity index (χ4v) is 2.13. The average Bonchev–Trinajstić information content (AvgIpc) is 2.16. The van der Waals surface area contributed by atoms with E-state index in [1.807, 2.05) is 6.92 Å². The van der Waals surface area contributed by atoms with Crippen LogP contribution in [0.15, 0.2) is 10.5 Å². The van der Waals surface area contributed by atoms with Crippen LogP contribution in [-0.2, 0) is 0 Å². The van der Waals surface area contributed by atoms with Crippen molar-refractivity contribution in [3.05, 3.63) is 27.5 Å². The summed E-state index contributed by atoms with van der Waals surface area (Å²) in [5.74, 6) is -0.129. The number of hydrogen-bond acceptors (Lipinski definition) is 2. The van der Waals surface area contributed by atoms with E-state index in [0.29, 0.717) is 22.1 Å². The first-order valence-corrected chi connectivity index (χ1v) is 5.65. The van der Waals surface area contributed by atoms with Gasteiger partial charge in [-0.1, -0.05) is 6.92 Å². The molecule has 0 radical (unpaired) electrons. The first-order valence-electron chi connectivity index (χ1n) is 4.86. The quantitative estimate of drug-likeness (QED) is 0.891. The fourth-order valence-electron chi connectivity index (χ4n) is 1.72. The van der Waals surface area contributed by atoms with Crippen molar-refractivity contribution < 1.29 is 9.50 Å². The highest BCUT2D eigenvalue weighted by molar-refractivity contribution is 9.10. The van der Waals surface area contributed by atoms with Crippen LogP contribution in [-0.4, -0.2) is 11.7 Å². The summed E-state index contributed by atoms with van der Waals surface area (Å²) in [5.41, 5.74) is 6.60. The van der Waals surface area contributed by atoms with Crippen molar-refractivity contribution in [2.45, 2.75) is 26.2 Å². The van der Waals surface area contributed by atoms with Gasteiger partial charge in [-0.2, -0.15) is 0 Å². The second-order valence-corrected chi connectivity index (χ2v) is 4.56. The van der Waals surface area contributed by atoms with E-state index in [4.69, 9.17) is 5.73 Å². The molecule has 0 fully saturated rings. The third-order valence-electron chi connectivity index (χ3n) is 2.59. The van der Waals surface area contributed by atoms with E-state index in [-0.39, 0.29) is 17.5 Å². The zero-order chi connectivity index (χ0) is 11.6. The van der Waals surface area contributed by atoms with Gasteiger partial charge >= 0.3 is 0 Å². The van der Waals surface area contributed by atoms with Crippen molar-refractivity contribution in [3.8, 4) is 5.75 Å². The number of halogens is 2. The van der Waals surface area contributed by atoms with Crippen molar-refractivity contribution >= 4 is 15.9 Å². The van der Waals surface area contributed by atoms with Crippen LogP contribution in [0.25, 0.3) is 0 Å². The maximum atomic E-state index is 13.4. The Labute approximate surface area is 97.4 Å². The van der Waals surface area contributed by atoms with E-state index in [9.17, 15) is 9.50 Å². The van der Waals surface area contributed by atoms with Crippen LogP contribution in [0.3, 0.4) is 0 Å². The van der Waals surface area contributed by atoms with Crippen molar-refractivity contribution in [1.29, 1.82) is 0 Å². The standard InChI is InChI=1S/C11H15BrFNO/c1-6(3-4-14)10-7(2)9(13)5-8(12)11(10)15/h5-6,15H,3-4,14H2,1-2H3. The largest absolute Gasteiger partial charge is 0.506 e. The van der Waals surface area contributed by atoms with E-state index in [0.717, 1.165) is 6.42 Å². The van der Waals surface area contributed by atoms with Gasteiger partial charge in [-0.15, -0.1) is 0 Å². The molecule has 1 unspecified atom stereocenters. The molecular weight excluding hydrogens is 261 g/mol. The maximum absolute atomic E-state index is 13.4. The van der Waals surface area contributed by atoms with Gasteiger partial charge in [-0.25, -0.2) is 4.39 Å². The van der Waals surface area contributed by atoms with Crippen LogP contribution >= 0.6 is 15.9 Å². The summed E-state index contributed by atoms with van der Waals surface area (Å²) in [7, 11) is 0. The lowest BCUT2D eigenvalue weighted by molar-refractivity contribution is 0.452. The summed E-state index contributed by atoms with van der Waals surface area (Å²) in [4.78, 5) is 0. The fraction of sp³-hybridized carbons (Fsp3) is 0.455. The Bertz CT molecular complexity index is 342. The van der Waals surface area contributed by atoms with Gasteiger partial charge in [0.25, 0.3) is 0 Å². The molecule has 0 spiro atoms. The van der Waals surface area contributed by atoms with Gasteiger partial charge in [0.05, 0.1) is 4.47 Å². The first-order chi connectivity index (χ1) is 6.99. The molecule has 1 aromatic rings. The number of hydrogen-bond donors (Lipinski definition) is 2. The Balaban J connectivity index is 3.26. The SMILES string of the molecule is Cc1c(F)cc(Br)c(O)c1C(C)CCN. The molecule has 0 bridgehead atoms. The topological polar surface area (TPSA) is 46.2 Å². The number of phenolic OH excluding ortho intramolecular Hbond substituents is 1. The van der Waals surface area contributed by atoms with Gasteiger partial charge in [0.1, 0.15) is 11.6 Å². The summed E-state index contributed by atoms with van der Waals surface area (Å²) in [6.45, 7) is 4.12. The molecule has 1 rings (SSSR count). The van der Waals surface area contributed by atoms with E-state index >= 15 is 0 Å². The van der Waals surface area contributed by atoms with Crippen LogP contribution in [0.5, 0.6) is 5.75 Å². The minimum absolute atomic E-state index is 0.0574. The monoisotopic (exact) mass is 275 g/mol. The van der Waals surface area contributed by atoms with Crippen molar-refractivity contribution in [2.75, 3.05) is 6.54 Å². The molecule has 3 N–H and O–H groups in total. The van der Waals surface area contributed by atoms with Crippen LogP contribution in [0.4, 0.5) is 4.39 Å². The Hall–Kier alpha value is -0.610. The predicted molar refractivity (Wildman–Crippen MR) is 62.6 cm³/mol. The van der Waals surface area contributed by atoms with Gasteiger partial charge in [0.15, 0.2) is 0 Å². The molecule has 1 aromatic carbocycles. The maximum Gasteiger partial charge on any atom is 0.133 e. The smallest absolute Gasteiger partial charge is 0.133 e. The highest BCUT2D eigenvalue weighted by atomic mass is 79.9. The summed E-state index contributed by atoms with van der Waals surface area (Å²) in [6.07, 6.45) is 0.726. The van der Waals surface area contributed by atoms with E-state index in [1.165, 1.54) is 6.07 Å². The number of nitrogens with two attached hydrogens (primary N) is 1. The molecule has 15 heavy (non-hydrogen) atoms. The third kappa shape index (κ3) is 2.49.